The minimum atomic E-state index is -4.78. The number of aromatic nitrogens is 5. The monoisotopic (exact) mass is 1420 g/mol. The molecule has 0 atom stereocenters. The van der Waals surface area contributed by atoms with Crippen LogP contribution < -0.4 is 9.30 Å². The predicted octanol–water partition coefficient (Wildman–Crippen LogP) is 21.6. The van der Waals surface area contributed by atoms with Crippen LogP contribution in [-0.2, 0) is 37.3 Å². The molecule has 11 aromatic carbocycles. The second-order valence-electron chi connectivity index (χ2n) is 24.0. The zero-order chi connectivity index (χ0) is 90.7. The molecule has 0 amide bonds. The molecule has 1 aliphatic carbocycles. The molecule has 17 rings (SSSR count). The molecule has 456 valence electrons. The van der Waals surface area contributed by atoms with Crippen LogP contribution >= 0.6 is 0 Å². The van der Waals surface area contributed by atoms with Gasteiger partial charge >= 0.3 is 0 Å². The Hall–Kier alpha value is -9.87. The maximum absolute atomic E-state index is 10.6. The van der Waals surface area contributed by atoms with Gasteiger partial charge < -0.3 is 18.4 Å². The van der Waals surface area contributed by atoms with E-state index in [1.807, 2.05) is 47.0 Å². The van der Waals surface area contributed by atoms with Gasteiger partial charge in [0.1, 0.15) is 5.82 Å². The van der Waals surface area contributed by atoms with Crippen LogP contribution in [-0.4, -0.2) is 18.7 Å². The summed E-state index contributed by atoms with van der Waals surface area (Å²) >= 11 is 0. The van der Waals surface area contributed by atoms with Gasteiger partial charge in [-0.15, -0.1) is 29.7 Å². The van der Waals surface area contributed by atoms with Crippen LogP contribution in [0.1, 0.15) is 134 Å². The van der Waals surface area contributed by atoms with Crippen molar-refractivity contribution in [3.05, 3.63) is 277 Å². The van der Waals surface area contributed by atoms with Crippen molar-refractivity contribution in [3.63, 3.8) is 0 Å². The summed E-state index contributed by atoms with van der Waals surface area (Å²) in [4.78, 5) is 4.82. The van der Waals surface area contributed by atoms with Crippen molar-refractivity contribution in [2.75, 3.05) is 0 Å². The van der Waals surface area contributed by atoms with Gasteiger partial charge in [0, 0.05) is 85.2 Å². The van der Waals surface area contributed by atoms with E-state index < -0.39 is 198 Å². The number of imidazole rings is 1. The summed E-state index contributed by atoms with van der Waals surface area (Å²) in [7, 11) is 0. The molecule has 0 N–H and O–H groups in total. The first-order chi connectivity index (χ1) is 58.1. The Bertz CT molecular complexity index is 7080. The van der Waals surface area contributed by atoms with Gasteiger partial charge in [-0.1, -0.05) is 199 Å². The molecular formula is C86H69N5OPt-2. The third-order valence-electron chi connectivity index (χ3n) is 17.3. The van der Waals surface area contributed by atoms with Crippen molar-refractivity contribution in [2.45, 2.75) is 90.9 Å². The largest absolute Gasteiger partial charge is 0.510 e. The molecule has 1 aliphatic heterocycles. The van der Waals surface area contributed by atoms with E-state index in [1.165, 1.54) is 57.7 Å². The number of fused-ring (bicyclic) bond motifs is 14. The molecule has 0 saturated carbocycles. The molecule has 0 bridgehead atoms. The van der Waals surface area contributed by atoms with Crippen molar-refractivity contribution in [2.24, 2.45) is 0 Å². The second kappa shape index (κ2) is 21.6. The standard InChI is InChI=1S/C86H69N5O.Pt/c1-53-22-20-23-54(2)81(53)57-45-71-65-29-13-11-27-63(65)62-26-10-12-28-64(62)70-44-56(55-36-39-72-73(46-55)86(8,9)42-41-85(72,6)7)47-78-82(70)89(83(71)79(48-57)90-74-33-17-14-30-66(74)67-31-15-18-34-75(67)90)52-88(78)59-24-21-25-60(50-59)92-61-37-38-69-68-32-16-19-35-76(68)91(77(69)51-61)80-49-58(40-43-87-80)84(3,4)5;/h10-40,43-49H,41-42H2,1-9H3;/q-2;/i1D3,2D3,6D3,7D3,8D3,9D3,10D,11D,12D,13D,26D,27D,28D,29D,36D,39D,41D2,42D2,46D;. The molecule has 0 saturated heterocycles. The zero-order valence-corrected chi connectivity index (χ0v) is 51.8. The average Bonchev–Trinajstić information content (AvgIpc) is 0.750. The number of aryl methyl sites for hydroxylation is 2. The summed E-state index contributed by atoms with van der Waals surface area (Å²) in [5, 5.41) is 2.74. The molecule has 7 heteroatoms. The molecule has 2 aliphatic rings. The number of hydrogen-bond donors (Lipinski definition) is 0. The Balaban J connectivity index is 0.0000117. The van der Waals surface area contributed by atoms with Gasteiger partial charge in [0.15, 0.2) is 0 Å². The van der Waals surface area contributed by atoms with Crippen LogP contribution in [0, 0.1) is 32.2 Å². The van der Waals surface area contributed by atoms with Crippen LogP contribution in [0.15, 0.2) is 230 Å². The average molecular weight is 1420 g/mol. The number of benzene rings is 11. The maximum atomic E-state index is 10.6. The van der Waals surface area contributed by atoms with E-state index >= 15 is 0 Å². The zero-order valence-electron chi connectivity index (χ0n) is 82.5. The van der Waals surface area contributed by atoms with Gasteiger partial charge in [0.2, 0.25) is 0 Å². The van der Waals surface area contributed by atoms with Crippen LogP contribution in [0.4, 0.5) is 0 Å². The van der Waals surface area contributed by atoms with E-state index in [2.05, 4.69) is 39.2 Å². The van der Waals surface area contributed by atoms with Gasteiger partial charge in [-0.25, -0.2) is 4.98 Å². The normalized spacial score (nSPS) is 20.9. The molecule has 0 spiro atoms. The first-order valence-electron chi connectivity index (χ1n) is 46.0. The Morgan fingerprint density at radius 1 is 0.548 bits per heavy atom. The van der Waals surface area contributed by atoms with Gasteiger partial charge in [-0.05, 0) is 186 Å². The fourth-order valence-electron chi connectivity index (χ4n) is 13.1. The van der Waals surface area contributed by atoms with E-state index in [9.17, 15) is 28.8 Å². The third-order valence-corrected chi connectivity index (χ3v) is 17.3. The molecule has 5 heterocycles. The maximum Gasteiger partial charge on any atom is 0.268 e. The SMILES string of the molecule is [2H]c1c([2H])c([2H])c2c(c1[2H])-c1cc(-c3c(C([2H])([2H])[2H])cccc3C([2H])([2H])[2H])cc(-n3c4ccccc4c4ccccc43)c1-[n+]1[c-]n(-c3[c-]c(Oc4[c-]c5c(cc4)c4ccccc4n5-c4cc(C(C)(C)C)ccn4)ccc3)c3cc(-c4c([2H])c([2H])c5c(c4[2H])C(C([2H])([2H])[2H])(C([2H])([2H])[2H])C([2H])([2H])C([2H])([2H])C5(C([2H])([2H])[2H])C([2H])([2H])[2H])cc(c31)-c1c([2H])c([2H])c([2H])c([2H])c1-2.[Pt]. The molecule has 0 unspecified atom stereocenters. The number of para-hydroxylation sites is 3. The molecule has 0 radical (unpaired) electrons. The van der Waals surface area contributed by atoms with E-state index in [0.717, 1.165) is 34.0 Å². The van der Waals surface area contributed by atoms with E-state index in [-0.39, 0.29) is 77.2 Å². The molecule has 0 fully saturated rings. The van der Waals surface area contributed by atoms with Crippen molar-refractivity contribution < 1.29 is 75.6 Å². The van der Waals surface area contributed by atoms with Crippen molar-refractivity contribution >= 4 is 54.6 Å². The molecule has 15 aromatic rings. The van der Waals surface area contributed by atoms with Gasteiger partial charge in [0.25, 0.3) is 6.33 Å². The summed E-state index contributed by atoms with van der Waals surface area (Å²) in [6.07, 6.45) is -4.38. The number of nitrogens with zero attached hydrogens (tertiary/aromatic N) is 5. The summed E-state index contributed by atoms with van der Waals surface area (Å²) in [5.41, 5.74) is -18.2. The minimum absolute atomic E-state index is 0. The molecule has 93 heavy (non-hydrogen) atoms. The summed E-state index contributed by atoms with van der Waals surface area (Å²) in [6, 6.07) is 36.1. The molecular weight excluding hydrogens is 1310 g/mol. The van der Waals surface area contributed by atoms with Crippen molar-refractivity contribution in [1.82, 2.24) is 18.7 Å². The van der Waals surface area contributed by atoms with Crippen LogP contribution in [0.2, 0.25) is 0 Å². The Labute approximate surface area is 604 Å². The third kappa shape index (κ3) is 9.30. The fourth-order valence-corrected chi connectivity index (χ4v) is 13.1. The van der Waals surface area contributed by atoms with Crippen LogP contribution in [0.3, 0.4) is 0 Å². The fraction of sp³-hybridized carbons (Fsp3) is 0.163. The summed E-state index contributed by atoms with van der Waals surface area (Å²) < 4.78 is 327. The van der Waals surface area contributed by atoms with Crippen LogP contribution in [0.5, 0.6) is 11.5 Å². The van der Waals surface area contributed by atoms with Gasteiger partial charge in [-0.3, -0.25) is 4.57 Å². The number of ether oxygens (including phenoxy) is 1. The number of rotatable bonds is 7. The quantitative estimate of drug-likeness (QED) is 0.118. The minimum Gasteiger partial charge on any atom is -0.510 e. The van der Waals surface area contributed by atoms with Gasteiger partial charge in [-0.2, -0.15) is 18.2 Å². The topological polar surface area (TPSA) is 40.8 Å². The Morgan fingerprint density at radius 3 is 1.82 bits per heavy atom. The second-order valence-corrected chi connectivity index (χ2v) is 24.0. The summed E-state index contributed by atoms with van der Waals surface area (Å²) in [5.74, 6) is 0.582. The van der Waals surface area contributed by atoms with Crippen LogP contribution in [0.25, 0.3) is 133 Å². The smallest absolute Gasteiger partial charge is 0.268 e. The Morgan fingerprint density at radius 2 is 1.15 bits per heavy atom. The molecule has 6 nitrogen and oxygen atoms in total. The first kappa shape index (κ1) is 32.6. The Kier molecular flexibility index (Phi) is 7.58. The van der Waals surface area contributed by atoms with E-state index in [0.29, 0.717) is 33.1 Å². The van der Waals surface area contributed by atoms with Gasteiger partial charge in [0.05, 0.1) is 48.5 Å². The van der Waals surface area contributed by atoms with E-state index in [1.54, 1.807) is 65.4 Å². The van der Waals surface area contributed by atoms with Crippen molar-refractivity contribution in [3.8, 4) is 90.0 Å². The summed E-state index contributed by atoms with van der Waals surface area (Å²) in [6.45, 7) is -18.0. The number of pyridine rings is 1. The molecule has 4 aromatic heterocycles. The van der Waals surface area contributed by atoms with Crippen molar-refractivity contribution in [1.29, 1.82) is 0 Å². The van der Waals surface area contributed by atoms with E-state index in [4.69, 9.17) is 26.2 Å². The predicted molar refractivity (Wildman–Crippen MR) is 379 cm³/mol. The first-order valence-corrected chi connectivity index (χ1v) is 29.5. The number of hydrogen-bond acceptors (Lipinski definition) is 2.